The predicted molar refractivity (Wildman–Crippen MR) is 89.9 cm³/mol. The number of nitrogens with zero attached hydrogens (tertiary/aromatic N) is 2. The quantitative estimate of drug-likeness (QED) is 0.880. The molecule has 0 aliphatic heterocycles. The molecule has 0 radical (unpaired) electrons. The first-order valence-corrected chi connectivity index (χ1v) is 7.62. The van der Waals surface area contributed by atoms with Crippen molar-refractivity contribution in [2.75, 3.05) is 18.5 Å². The number of aryl methyl sites for hydroxylation is 1. The monoisotopic (exact) mass is 303 g/mol. The minimum atomic E-state index is 0.782. The Balaban J connectivity index is 2.19. The highest BCUT2D eigenvalue weighted by Crippen LogP contribution is 2.24. The Morgan fingerprint density at radius 3 is 2.67 bits per heavy atom. The van der Waals surface area contributed by atoms with Crippen LogP contribution >= 0.6 is 11.6 Å². The Morgan fingerprint density at radius 2 is 2.05 bits per heavy atom. The van der Waals surface area contributed by atoms with Crippen LogP contribution in [-0.2, 0) is 13.1 Å². The summed E-state index contributed by atoms with van der Waals surface area (Å²) in [5.74, 6) is 0. The Kier molecular flexibility index (Phi) is 5.59. The molecule has 0 amide bonds. The van der Waals surface area contributed by atoms with Crippen LogP contribution in [0.15, 0.2) is 36.4 Å². The van der Waals surface area contributed by atoms with Gasteiger partial charge >= 0.3 is 0 Å². The maximum Gasteiger partial charge on any atom is 0.0602 e. The van der Waals surface area contributed by atoms with Crippen molar-refractivity contribution >= 4 is 17.3 Å². The number of nitrogens with one attached hydrogen (secondary N) is 1. The first-order valence-electron chi connectivity index (χ1n) is 7.24. The number of rotatable bonds is 6. The van der Waals surface area contributed by atoms with E-state index in [0.29, 0.717) is 0 Å². The Labute approximate surface area is 132 Å². The SMILES string of the molecule is CCN(Cc1cccc(C)n1)c1ccc(CNC)c(Cl)c1. The second kappa shape index (κ2) is 7.43. The van der Waals surface area contributed by atoms with Crippen molar-refractivity contribution in [3.05, 3.63) is 58.4 Å². The number of anilines is 1. The van der Waals surface area contributed by atoms with Gasteiger partial charge < -0.3 is 10.2 Å². The van der Waals surface area contributed by atoms with Gasteiger partial charge in [0.25, 0.3) is 0 Å². The van der Waals surface area contributed by atoms with Gasteiger partial charge in [0.05, 0.1) is 12.2 Å². The third-order valence-electron chi connectivity index (χ3n) is 3.45. The molecule has 1 heterocycles. The van der Waals surface area contributed by atoms with Crippen LogP contribution in [-0.4, -0.2) is 18.6 Å². The molecular weight excluding hydrogens is 282 g/mol. The summed E-state index contributed by atoms with van der Waals surface area (Å²) in [5.41, 5.74) is 4.37. The van der Waals surface area contributed by atoms with E-state index in [2.05, 4.69) is 46.4 Å². The average molecular weight is 304 g/mol. The lowest BCUT2D eigenvalue weighted by Crippen LogP contribution is -2.22. The minimum absolute atomic E-state index is 0.782. The van der Waals surface area contributed by atoms with Crippen LogP contribution < -0.4 is 10.2 Å². The fraction of sp³-hybridized carbons (Fsp3) is 0.353. The van der Waals surface area contributed by atoms with E-state index in [9.17, 15) is 0 Å². The van der Waals surface area contributed by atoms with Gasteiger partial charge in [0.2, 0.25) is 0 Å². The highest BCUT2D eigenvalue weighted by Gasteiger charge is 2.09. The normalized spacial score (nSPS) is 10.7. The lowest BCUT2D eigenvalue weighted by Gasteiger charge is -2.23. The molecule has 0 bridgehead atoms. The van der Waals surface area contributed by atoms with Crippen LogP contribution in [0.2, 0.25) is 5.02 Å². The van der Waals surface area contributed by atoms with Gasteiger partial charge in [-0.15, -0.1) is 0 Å². The van der Waals surface area contributed by atoms with Crippen LogP contribution in [0.1, 0.15) is 23.9 Å². The third kappa shape index (κ3) is 4.19. The van der Waals surface area contributed by atoms with Crippen LogP contribution in [0.3, 0.4) is 0 Å². The largest absolute Gasteiger partial charge is 0.366 e. The second-order valence-corrected chi connectivity index (χ2v) is 5.50. The number of halogens is 1. The predicted octanol–water partition coefficient (Wildman–Crippen LogP) is 3.79. The molecule has 0 saturated carbocycles. The zero-order valence-electron chi connectivity index (χ0n) is 12.9. The van der Waals surface area contributed by atoms with Crippen molar-refractivity contribution in [1.29, 1.82) is 0 Å². The summed E-state index contributed by atoms with van der Waals surface area (Å²) in [7, 11) is 1.92. The molecule has 0 unspecified atom stereocenters. The van der Waals surface area contributed by atoms with Crippen LogP contribution in [0, 0.1) is 6.92 Å². The standard InChI is InChI=1S/C17H22ClN3/c1-4-21(12-15-7-5-6-13(2)20-15)16-9-8-14(11-19-3)17(18)10-16/h5-10,19H,4,11-12H2,1-3H3. The van der Waals surface area contributed by atoms with E-state index < -0.39 is 0 Å². The van der Waals surface area contributed by atoms with Crippen LogP contribution in [0.25, 0.3) is 0 Å². The number of aromatic nitrogens is 1. The van der Waals surface area contributed by atoms with E-state index >= 15 is 0 Å². The molecule has 0 saturated heterocycles. The molecule has 1 aromatic carbocycles. The molecular formula is C17H22ClN3. The summed E-state index contributed by atoms with van der Waals surface area (Å²) in [4.78, 5) is 6.85. The van der Waals surface area contributed by atoms with Gasteiger partial charge in [-0.3, -0.25) is 4.98 Å². The summed E-state index contributed by atoms with van der Waals surface area (Å²) in [5, 5.41) is 3.93. The highest BCUT2D eigenvalue weighted by atomic mass is 35.5. The van der Waals surface area contributed by atoms with E-state index in [1.54, 1.807) is 0 Å². The molecule has 2 aromatic rings. The summed E-state index contributed by atoms with van der Waals surface area (Å²) in [6.45, 7) is 6.65. The summed E-state index contributed by atoms with van der Waals surface area (Å²) < 4.78 is 0. The maximum atomic E-state index is 6.36. The van der Waals surface area contributed by atoms with Crippen molar-refractivity contribution in [3.63, 3.8) is 0 Å². The topological polar surface area (TPSA) is 28.2 Å². The van der Waals surface area contributed by atoms with E-state index in [0.717, 1.165) is 47.3 Å². The first-order chi connectivity index (χ1) is 10.1. The molecule has 112 valence electrons. The van der Waals surface area contributed by atoms with Gasteiger partial charge in [-0.05, 0) is 50.7 Å². The van der Waals surface area contributed by atoms with E-state index in [-0.39, 0.29) is 0 Å². The molecule has 3 nitrogen and oxygen atoms in total. The first kappa shape index (κ1) is 15.8. The molecule has 0 fully saturated rings. The molecule has 0 aliphatic carbocycles. The number of hydrogen-bond donors (Lipinski definition) is 1. The Hall–Kier alpha value is -1.58. The Bertz CT molecular complexity index is 598. The van der Waals surface area contributed by atoms with Gasteiger partial charge in [-0.2, -0.15) is 0 Å². The average Bonchev–Trinajstić information content (AvgIpc) is 2.47. The molecule has 0 spiro atoms. The summed E-state index contributed by atoms with van der Waals surface area (Å²) in [6.07, 6.45) is 0. The third-order valence-corrected chi connectivity index (χ3v) is 3.80. The lowest BCUT2D eigenvalue weighted by atomic mass is 10.2. The molecule has 0 atom stereocenters. The molecule has 0 aliphatic rings. The highest BCUT2D eigenvalue weighted by molar-refractivity contribution is 6.31. The van der Waals surface area contributed by atoms with Gasteiger partial charge in [0.15, 0.2) is 0 Å². The van der Waals surface area contributed by atoms with Gasteiger partial charge in [-0.1, -0.05) is 23.7 Å². The molecule has 4 heteroatoms. The van der Waals surface area contributed by atoms with Crippen molar-refractivity contribution in [2.45, 2.75) is 26.9 Å². The smallest absolute Gasteiger partial charge is 0.0602 e. The van der Waals surface area contributed by atoms with Crippen LogP contribution in [0.4, 0.5) is 5.69 Å². The molecule has 1 aromatic heterocycles. The molecule has 2 rings (SSSR count). The summed E-state index contributed by atoms with van der Waals surface area (Å²) in [6, 6.07) is 12.4. The van der Waals surface area contributed by atoms with Crippen molar-refractivity contribution < 1.29 is 0 Å². The maximum absolute atomic E-state index is 6.36. The second-order valence-electron chi connectivity index (χ2n) is 5.09. The van der Waals surface area contributed by atoms with Crippen molar-refractivity contribution in [2.24, 2.45) is 0 Å². The fourth-order valence-corrected chi connectivity index (χ4v) is 2.58. The Morgan fingerprint density at radius 1 is 1.24 bits per heavy atom. The van der Waals surface area contributed by atoms with Gasteiger partial charge in [0.1, 0.15) is 0 Å². The van der Waals surface area contributed by atoms with Crippen molar-refractivity contribution in [3.8, 4) is 0 Å². The number of hydrogen-bond acceptors (Lipinski definition) is 3. The number of benzene rings is 1. The minimum Gasteiger partial charge on any atom is -0.366 e. The summed E-state index contributed by atoms with van der Waals surface area (Å²) >= 11 is 6.36. The zero-order valence-corrected chi connectivity index (χ0v) is 13.6. The van der Waals surface area contributed by atoms with Gasteiger partial charge in [0, 0.05) is 29.5 Å². The molecule has 21 heavy (non-hydrogen) atoms. The van der Waals surface area contributed by atoms with Gasteiger partial charge in [-0.25, -0.2) is 0 Å². The van der Waals surface area contributed by atoms with E-state index in [1.165, 1.54) is 0 Å². The van der Waals surface area contributed by atoms with E-state index in [1.807, 2.05) is 26.1 Å². The lowest BCUT2D eigenvalue weighted by molar-refractivity contribution is 0.800. The fourth-order valence-electron chi connectivity index (χ4n) is 2.34. The van der Waals surface area contributed by atoms with Crippen LogP contribution in [0.5, 0.6) is 0 Å². The van der Waals surface area contributed by atoms with Crippen molar-refractivity contribution in [1.82, 2.24) is 10.3 Å². The van der Waals surface area contributed by atoms with E-state index in [4.69, 9.17) is 11.6 Å². The zero-order chi connectivity index (χ0) is 15.2. The number of pyridine rings is 1. The molecule has 1 N–H and O–H groups in total.